The van der Waals surface area contributed by atoms with Crippen molar-refractivity contribution in [2.24, 2.45) is 0 Å². The van der Waals surface area contributed by atoms with E-state index >= 15 is 0 Å². The standard InChI is InChI=1S/C12H9Cl2N3O2/c13-6-1-2-9(14)10(3-6)17-11-8(12(18)19)4-7(15)5-16-11/h1-5H,15H2,(H,16,17)(H,18,19). The first-order valence-corrected chi connectivity index (χ1v) is 5.94. The highest BCUT2D eigenvalue weighted by molar-refractivity contribution is 6.35. The van der Waals surface area contributed by atoms with Crippen molar-refractivity contribution in [2.75, 3.05) is 11.1 Å². The van der Waals surface area contributed by atoms with Gasteiger partial charge in [0.25, 0.3) is 0 Å². The smallest absolute Gasteiger partial charge is 0.339 e. The normalized spacial score (nSPS) is 10.2. The number of carboxylic acid groups (broad SMARTS) is 1. The molecule has 0 fully saturated rings. The number of halogens is 2. The van der Waals surface area contributed by atoms with Gasteiger partial charge in [0.2, 0.25) is 0 Å². The first kappa shape index (κ1) is 13.5. The number of aromatic nitrogens is 1. The van der Waals surface area contributed by atoms with E-state index in [2.05, 4.69) is 10.3 Å². The molecule has 2 rings (SSSR count). The number of pyridine rings is 1. The average molecular weight is 298 g/mol. The summed E-state index contributed by atoms with van der Waals surface area (Å²) in [5.74, 6) is -0.994. The zero-order valence-corrected chi connectivity index (χ0v) is 11.0. The van der Waals surface area contributed by atoms with Gasteiger partial charge in [0.15, 0.2) is 0 Å². The van der Waals surface area contributed by atoms with Gasteiger partial charge in [-0.15, -0.1) is 0 Å². The lowest BCUT2D eigenvalue weighted by Crippen LogP contribution is -2.06. The van der Waals surface area contributed by atoms with Crippen LogP contribution in [0, 0.1) is 0 Å². The molecule has 0 bridgehead atoms. The zero-order chi connectivity index (χ0) is 14.0. The second-order valence-electron chi connectivity index (χ2n) is 3.72. The third-order valence-electron chi connectivity index (χ3n) is 2.32. The van der Waals surface area contributed by atoms with Crippen molar-refractivity contribution in [2.45, 2.75) is 0 Å². The summed E-state index contributed by atoms with van der Waals surface area (Å²) in [5, 5.41) is 12.8. The number of nitrogens with two attached hydrogens (primary N) is 1. The summed E-state index contributed by atoms with van der Waals surface area (Å²) in [6.45, 7) is 0. The number of nitrogens with zero attached hydrogens (tertiary/aromatic N) is 1. The van der Waals surface area contributed by atoms with E-state index < -0.39 is 5.97 Å². The van der Waals surface area contributed by atoms with Crippen molar-refractivity contribution in [3.05, 3.63) is 46.1 Å². The lowest BCUT2D eigenvalue weighted by molar-refractivity contribution is 0.0697. The highest BCUT2D eigenvalue weighted by Gasteiger charge is 2.13. The third-order valence-corrected chi connectivity index (χ3v) is 2.89. The minimum atomic E-state index is -1.14. The van der Waals surface area contributed by atoms with E-state index in [4.69, 9.17) is 34.0 Å². The molecule has 0 saturated carbocycles. The fourth-order valence-corrected chi connectivity index (χ4v) is 1.80. The number of carbonyl (C=O) groups is 1. The summed E-state index contributed by atoms with van der Waals surface area (Å²) in [7, 11) is 0. The number of hydrogen-bond donors (Lipinski definition) is 3. The van der Waals surface area contributed by atoms with Gasteiger partial charge in [-0.1, -0.05) is 23.2 Å². The summed E-state index contributed by atoms with van der Waals surface area (Å²) in [4.78, 5) is 15.1. The maximum absolute atomic E-state index is 11.1. The van der Waals surface area contributed by atoms with E-state index in [-0.39, 0.29) is 17.1 Å². The van der Waals surface area contributed by atoms with Crippen LogP contribution in [0.5, 0.6) is 0 Å². The Labute approximate surface area is 119 Å². The molecule has 0 atom stereocenters. The number of anilines is 3. The van der Waals surface area contributed by atoms with Crippen LogP contribution < -0.4 is 11.1 Å². The summed E-state index contributed by atoms with van der Waals surface area (Å²) in [6.07, 6.45) is 1.35. The van der Waals surface area contributed by atoms with E-state index in [1.54, 1.807) is 18.2 Å². The van der Waals surface area contributed by atoms with Crippen LogP contribution in [0.15, 0.2) is 30.5 Å². The molecule has 1 heterocycles. The van der Waals surface area contributed by atoms with Crippen LogP contribution in [0.3, 0.4) is 0 Å². The van der Waals surface area contributed by atoms with Gasteiger partial charge < -0.3 is 16.2 Å². The quantitative estimate of drug-likeness (QED) is 0.808. The minimum absolute atomic E-state index is 0.0453. The molecule has 0 aliphatic carbocycles. The van der Waals surface area contributed by atoms with Gasteiger partial charge in [-0.25, -0.2) is 9.78 Å². The molecule has 0 amide bonds. The summed E-state index contributed by atoms with van der Waals surface area (Å²) in [6, 6.07) is 6.12. The number of carboxylic acids is 1. The molecule has 0 saturated heterocycles. The number of nitrogens with one attached hydrogen (secondary N) is 1. The number of hydrogen-bond acceptors (Lipinski definition) is 4. The van der Waals surface area contributed by atoms with Crippen LogP contribution in [0.2, 0.25) is 10.0 Å². The lowest BCUT2D eigenvalue weighted by atomic mass is 10.2. The fourth-order valence-electron chi connectivity index (χ4n) is 1.46. The summed E-state index contributed by atoms with van der Waals surface area (Å²) >= 11 is 11.8. The molecule has 98 valence electrons. The first-order valence-electron chi connectivity index (χ1n) is 5.18. The molecule has 1 aromatic heterocycles. The Morgan fingerprint density at radius 1 is 1.32 bits per heavy atom. The number of benzene rings is 1. The third kappa shape index (κ3) is 3.07. The van der Waals surface area contributed by atoms with Crippen LogP contribution in [-0.2, 0) is 0 Å². The number of aromatic carboxylic acids is 1. The monoisotopic (exact) mass is 297 g/mol. The van der Waals surface area contributed by atoms with Gasteiger partial charge in [0, 0.05) is 5.02 Å². The van der Waals surface area contributed by atoms with E-state index in [0.717, 1.165) is 0 Å². The second-order valence-corrected chi connectivity index (χ2v) is 4.56. The SMILES string of the molecule is Nc1cnc(Nc2cc(Cl)ccc2Cl)c(C(=O)O)c1. The number of rotatable bonds is 3. The topological polar surface area (TPSA) is 88.2 Å². The lowest BCUT2D eigenvalue weighted by Gasteiger charge is -2.10. The molecule has 5 nitrogen and oxygen atoms in total. The molecule has 19 heavy (non-hydrogen) atoms. The van der Waals surface area contributed by atoms with Crippen LogP contribution in [-0.4, -0.2) is 16.1 Å². The summed E-state index contributed by atoms with van der Waals surface area (Å²) in [5.41, 5.74) is 6.20. The zero-order valence-electron chi connectivity index (χ0n) is 9.52. The molecule has 1 aromatic carbocycles. The molecule has 0 spiro atoms. The largest absolute Gasteiger partial charge is 0.478 e. The average Bonchev–Trinajstić information content (AvgIpc) is 2.35. The van der Waals surface area contributed by atoms with Gasteiger partial charge in [-0.05, 0) is 24.3 Å². The Balaban J connectivity index is 2.43. The van der Waals surface area contributed by atoms with E-state index in [0.29, 0.717) is 15.7 Å². The van der Waals surface area contributed by atoms with Crippen molar-refractivity contribution in [3.63, 3.8) is 0 Å². The molecular formula is C12H9Cl2N3O2. The minimum Gasteiger partial charge on any atom is -0.478 e. The second kappa shape index (κ2) is 5.34. The Morgan fingerprint density at radius 3 is 2.74 bits per heavy atom. The van der Waals surface area contributed by atoms with Crippen molar-refractivity contribution in [3.8, 4) is 0 Å². The van der Waals surface area contributed by atoms with Crippen LogP contribution >= 0.6 is 23.2 Å². The fraction of sp³-hybridized carbons (Fsp3) is 0. The van der Waals surface area contributed by atoms with Crippen LogP contribution in [0.4, 0.5) is 17.2 Å². The number of nitrogen functional groups attached to an aromatic ring is 1. The Kier molecular flexibility index (Phi) is 3.78. The van der Waals surface area contributed by atoms with Gasteiger partial charge in [0.05, 0.1) is 22.6 Å². The molecule has 7 heteroatoms. The maximum atomic E-state index is 11.1. The van der Waals surface area contributed by atoms with E-state index in [9.17, 15) is 4.79 Å². The highest BCUT2D eigenvalue weighted by atomic mass is 35.5. The molecule has 0 aliphatic heterocycles. The van der Waals surface area contributed by atoms with Gasteiger partial charge in [-0.3, -0.25) is 0 Å². The van der Waals surface area contributed by atoms with E-state index in [1.807, 2.05) is 0 Å². The van der Waals surface area contributed by atoms with Gasteiger partial charge >= 0.3 is 5.97 Å². The predicted octanol–water partition coefficient (Wildman–Crippen LogP) is 3.41. The molecule has 0 unspecified atom stereocenters. The highest BCUT2D eigenvalue weighted by Crippen LogP contribution is 2.29. The van der Waals surface area contributed by atoms with Gasteiger partial charge in [0.1, 0.15) is 11.4 Å². The van der Waals surface area contributed by atoms with Crippen molar-refractivity contribution in [1.29, 1.82) is 0 Å². The summed E-state index contributed by atoms with van der Waals surface area (Å²) < 4.78 is 0. The van der Waals surface area contributed by atoms with Crippen LogP contribution in [0.1, 0.15) is 10.4 Å². The molecule has 0 radical (unpaired) electrons. The molecular weight excluding hydrogens is 289 g/mol. The maximum Gasteiger partial charge on any atom is 0.339 e. The van der Waals surface area contributed by atoms with Crippen molar-refractivity contribution < 1.29 is 9.90 Å². The molecule has 0 aliphatic rings. The Morgan fingerprint density at radius 2 is 2.05 bits per heavy atom. The molecule has 4 N–H and O–H groups in total. The first-order chi connectivity index (χ1) is 8.97. The Bertz CT molecular complexity index is 647. The Hall–Kier alpha value is -1.98. The van der Waals surface area contributed by atoms with Crippen LogP contribution in [0.25, 0.3) is 0 Å². The predicted molar refractivity (Wildman–Crippen MR) is 75.4 cm³/mol. The van der Waals surface area contributed by atoms with Crippen molar-refractivity contribution in [1.82, 2.24) is 4.98 Å². The van der Waals surface area contributed by atoms with Crippen molar-refractivity contribution >= 4 is 46.4 Å². The van der Waals surface area contributed by atoms with Gasteiger partial charge in [-0.2, -0.15) is 0 Å². The van der Waals surface area contributed by atoms with E-state index in [1.165, 1.54) is 12.3 Å². The molecule has 2 aromatic rings.